The average Bonchev–Trinajstić information content (AvgIpc) is 2.79. The van der Waals surface area contributed by atoms with Crippen molar-refractivity contribution >= 4 is 11.9 Å². The first-order chi connectivity index (χ1) is 9.51. The van der Waals surface area contributed by atoms with Crippen LogP contribution in [-0.4, -0.2) is 25.1 Å². The molecular formula is C14H19N3O3. The van der Waals surface area contributed by atoms with Crippen LogP contribution in [0.2, 0.25) is 0 Å². The van der Waals surface area contributed by atoms with Gasteiger partial charge in [0.1, 0.15) is 5.75 Å². The van der Waals surface area contributed by atoms with Crippen molar-refractivity contribution in [3.63, 3.8) is 0 Å². The van der Waals surface area contributed by atoms with Crippen LogP contribution >= 0.6 is 0 Å². The summed E-state index contributed by atoms with van der Waals surface area (Å²) < 4.78 is 5.55. The molecule has 108 valence electrons. The van der Waals surface area contributed by atoms with E-state index in [4.69, 9.17) is 10.5 Å². The number of hydrogen-bond donors (Lipinski definition) is 3. The van der Waals surface area contributed by atoms with E-state index in [9.17, 15) is 9.59 Å². The molecular weight excluding hydrogens is 258 g/mol. The first-order valence-corrected chi connectivity index (χ1v) is 6.59. The van der Waals surface area contributed by atoms with Gasteiger partial charge < -0.3 is 15.8 Å². The molecule has 6 nitrogen and oxygen atoms in total. The molecule has 0 bridgehead atoms. The maximum Gasteiger partial charge on any atom is 0.321 e. The van der Waals surface area contributed by atoms with Gasteiger partial charge in [-0.15, -0.1) is 0 Å². The molecule has 0 spiro atoms. The zero-order valence-corrected chi connectivity index (χ0v) is 11.6. The third-order valence-corrected chi connectivity index (χ3v) is 3.38. The fraction of sp³-hybridized carbons (Fsp3) is 0.429. The number of fused-ring (bicyclic) bond motifs is 1. The summed E-state index contributed by atoms with van der Waals surface area (Å²) >= 11 is 0. The van der Waals surface area contributed by atoms with Crippen LogP contribution in [0.5, 0.6) is 5.75 Å². The van der Waals surface area contributed by atoms with Gasteiger partial charge in [0, 0.05) is 13.1 Å². The monoisotopic (exact) mass is 277 g/mol. The van der Waals surface area contributed by atoms with Crippen molar-refractivity contribution in [2.24, 2.45) is 5.73 Å². The summed E-state index contributed by atoms with van der Waals surface area (Å²) in [4.78, 5) is 22.7. The lowest BCUT2D eigenvalue weighted by Crippen LogP contribution is -2.43. The van der Waals surface area contributed by atoms with Gasteiger partial charge in [-0.3, -0.25) is 10.1 Å². The number of benzene rings is 1. The second-order valence-electron chi connectivity index (χ2n) is 4.83. The smallest absolute Gasteiger partial charge is 0.321 e. The third kappa shape index (κ3) is 3.08. The number of ether oxygens (including phenoxy) is 1. The van der Waals surface area contributed by atoms with Crippen molar-refractivity contribution in [1.29, 1.82) is 0 Å². The van der Waals surface area contributed by atoms with Crippen molar-refractivity contribution in [3.8, 4) is 5.75 Å². The number of imide groups is 1. The highest BCUT2D eigenvalue weighted by atomic mass is 16.5. The minimum Gasteiger partial charge on any atom is -0.481 e. The fourth-order valence-electron chi connectivity index (χ4n) is 2.23. The van der Waals surface area contributed by atoms with Crippen molar-refractivity contribution in [1.82, 2.24) is 10.6 Å². The Bertz CT molecular complexity index is 530. The summed E-state index contributed by atoms with van der Waals surface area (Å²) in [6, 6.07) is 5.18. The molecule has 0 radical (unpaired) electrons. The van der Waals surface area contributed by atoms with Crippen molar-refractivity contribution < 1.29 is 14.3 Å². The van der Waals surface area contributed by atoms with E-state index >= 15 is 0 Å². The number of nitrogens with two attached hydrogens (primary N) is 1. The maximum absolute atomic E-state index is 11.7. The van der Waals surface area contributed by atoms with Gasteiger partial charge in [-0.1, -0.05) is 6.07 Å². The van der Waals surface area contributed by atoms with E-state index in [0.29, 0.717) is 5.75 Å². The highest BCUT2D eigenvalue weighted by Crippen LogP contribution is 2.32. The van der Waals surface area contributed by atoms with E-state index in [2.05, 4.69) is 10.6 Å². The summed E-state index contributed by atoms with van der Waals surface area (Å²) in [5.41, 5.74) is 8.27. The number of hydrogen-bond acceptors (Lipinski definition) is 4. The summed E-state index contributed by atoms with van der Waals surface area (Å²) in [5, 5.41) is 4.49. The normalized spacial score (nSPS) is 18.1. The quantitative estimate of drug-likeness (QED) is 0.763. The molecule has 6 heteroatoms. The Labute approximate surface area is 117 Å². The molecule has 20 heavy (non-hydrogen) atoms. The van der Waals surface area contributed by atoms with Crippen molar-refractivity contribution in [2.45, 2.75) is 31.9 Å². The maximum atomic E-state index is 11.7. The Hall–Kier alpha value is -2.08. The van der Waals surface area contributed by atoms with E-state index in [0.717, 1.165) is 24.0 Å². The predicted molar refractivity (Wildman–Crippen MR) is 74.4 cm³/mol. The van der Waals surface area contributed by atoms with E-state index < -0.39 is 18.0 Å². The van der Waals surface area contributed by atoms with Gasteiger partial charge in [0.05, 0.1) is 0 Å². The summed E-state index contributed by atoms with van der Waals surface area (Å²) in [5.74, 6) is 0.124. The van der Waals surface area contributed by atoms with Crippen LogP contribution in [0.3, 0.4) is 0 Å². The van der Waals surface area contributed by atoms with Crippen LogP contribution in [0, 0.1) is 0 Å². The Kier molecular flexibility index (Phi) is 4.24. The summed E-state index contributed by atoms with van der Waals surface area (Å²) in [6.07, 6.45) is 1.11. The number of amides is 3. The number of rotatable bonds is 3. The second kappa shape index (κ2) is 5.92. The highest BCUT2D eigenvalue weighted by molar-refractivity contribution is 5.96. The number of aryl methyl sites for hydroxylation is 1. The SMILES string of the molecule is CNC(=O)NC(=O)C(C)Oc1ccc2c(c1)CC[C@@H]2N. The molecule has 3 amide bonds. The topological polar surface area (TPSA) is 93.5 Å². The zero-order valence-electron chi connectivity index (χ0n) is 11.6. The number of carbonyl (C=O) groups excluding carboxylic acids is 2. The van der Waals surface area contributed by atoms with Crippen LogP contribution in [0.25, 0.3) is 0 Å². The van der Waals surface area contributed by atoms with E-state index in [1.807, 2.05) is 12.1 Å². The van der Waals surface area contributed by atoms with E-state index in [-0.39, 0.29) is 6.04 Å². The van der Waals surface area contributed by atoms with Crippen LogP contribution < -0.4 is 21.1 Å². The van der Waals surface area contributed by atoms with E-state index in [1.54, 1.807) is 13.0 Å². The Morgan fingerprint density at radius 2 is 2.20 bits per heavy atom. The lowest BCUT2D eigenvalue weighted by atomic mass is 10.1. The molecule has 2 atom stereocenters. The molecule has 0 saturated heterocycles. The first kappa shape index (κ1) is 14.3. The van der Waals surface area contributed by atoms with Gasteiger partial charge in [0.2, 0.25) is 0 Å². The molecule has 0 aromatic heterocycles. The first-order valence-electron chi connectivity index (χ1n) is 6.59. The average molecular weight is 277 g/mol. The fourth-order valence-corrected chi connectivity index (χ4v) is 2.23. The van der Waals surface area contributed by atoms with Crippen molar-refractivity contribution in [3.05, 3.63) is 29.3 Å². The summed E-state index contributed by atoms with van der Waals surface area (Å²) in [7, 11) is 1.44. The number of nitrogens with one attached hydrogen (secondary N) is 2. The minimum absolute atomic E-state index is 0.0908. The Morgan fingerprint density at radius 1 is 1.45 bits per heavy atom. The molecule has 4 N–H and O–H groups in total. The molecule has 0 fully saturated rings. The number of carbonyl (C=O) groups is 2. The lowest BCUT2D eigenvalue weighted by Gasteiger charge is -2.15. The molecule has 2 rings (SSSR count). The predicted octanol–water partition coefficient (Wildman–Crippen LogP) is 0.855. The molecule has 0 saturated carbocycles. The second-order valence-corrected chi connectivity index (χ2v) is 4.83. The van der Waals surface area contributed by atoms with Crippen molar-refractivity contribution in [2.75, 3.05) is 7.05 Å². The zero-order chi connectivity index (χ0) is 14.7. The standard InChI is InChI=1S/C14H19N3O3/c1-8(13(18)17-14(19)16-2)20-10-4-5-11-9(7-10)3-6-12(11)15/h4-5,7-8,12H,3,6,15H2,1-2H3,(H2,16,17,18,19)/t8?,12-/m0/s1. The Morgan fingerprint density at radius 3 is 2.90 bits per heavy atom. The lowest BCUT2D eigenvalue weighted by molar-refractivity contribution is -0.126. The Balaban J connectivity index is 2.00. The van der Waals surface area contributed by atoms with Crippen LogP contribution in [0.1, 0.15) is 30.5 Å². The third-order valence-electron chi connectivity index (χ3n) is 3.38. The number of urea groups is 1. The van der Waals surface area contributed by atoms with Gasteiger partial charge in [-0.25, -0.2) is 4.79 Å². The molecule has 1 aliphatic rings. The minimum atomic E-state index is -0.750. The van der Waals surface area contributed by atoms with Crippen LogP contribution in [0.4, 0.5) is 4.79 Å². The molecule has 1 aliphatic carbocycles. The molecule has 0 aliphatic heterocycles. The molecule has 1 aromatic rings. The van der Waals surface area contributed by atoms with Gasteiger partial charge >= 0.3 is 6.03 Å². The largest absolute Gasteiger partial charge is 0.481 e. The highest BCUT2D eigenvalue weighted by Gasteiger charge is 2.21. The van der Waals surface area contributed by atoms with Gasteiger partial charge in [0.15, 0.2) is 6.10 Å². The molecule has 1 unspecified atom stereocenters. The molecule has 1 aromatic carbocycles. The van der Waals surface area contributed by atoms with Gasteiger partial charge in [-0.2, -0.15) is 0 Å². The van der Waals surface area contributed by atoms with Crippen LogP contribution in [0.15, 0.2) is 18.2 Å². The van der Waals surface area contributed by atoms with Gasteiger partial charge in [0.25, 0.3) is 5.91 Å². The molecule has 0 heterocycles. The van der Waals surface area contributed by atoms with Gasteiger partial charge in [-0.05, 0) is 43.0 Å². The van der Waals surface area contributed by atoms with Crippen LogP contribution in [-0.2, 0) is 11.2 Å². The van der Waals surface area contributed by atoms with E-state index in [1.165, 1.54) is 7.05 Å². The summed E-state index contributed by atoms with van der Waals surface area (Å²) in [6.45, 7) is 1.59.